The summed E-state index contributed by atoms with van der Waals surface area (Å²) in [5.41, 5.74) is 3.44. The molecule has 0 fully saturated rings. The topological polar surface area (TPSA) is 101 Å². The molecular formula is C20H21N3O4S2. The van der Waals surface area contributed by atoms with Gasteiger partial charge < -0.3 is 9.84 Å². The van der Waals surface area contributed by atoms with Gasteiger partial charge >= 0.3 is 0 Å². The molecule has 7 nitrogen and oxygen atoms in total. The van der Waals surface area contributed by atoms with Gasteiger partial charge in [-0.05, 0) is 62.2 Å². The molecule has 0 spiro atoms. The van der Waals surface area contributed by atoms with E-state index in [1.165, 1.54) is 6.92 Å². The smallest absolute Gasteiger partial charge is 0.271 e. The molecule has 2 aromatic heterocycles. The second kappa shape index (κ2) is 8.22. The molecule has 0 atom stereocenters. The standard InChI is InChI=1S/C20H21N3O4S2/c1-12-5-6-13(2)17(11-12)23-29(25,26)19-10-8-16(28-19)7-9-18-20(21-15(4)24)14(3)22-27-18/h5-11,23H,1-4H3,(H,21,24)/b9-7+. The number of carbonyl (C=O) groups excluding carboxylic acids is 1. The Balaban J connectivity index is 1.81. The lowest BCUT2D eigenvalue weighted by Crippen LogP contribution is -2.12. The first kappa shape index (κ1) is 20.8. The Bertz CT molecular complexity index is 1190. The maximum Gasteiger partial charge on any atom is 0.271 e. The van der Waals surface area contributed by atoms with Crippen molar-refractivity contribution in [1.29, 1.82) is 0 Å². The van der Waals surface area contributed by atoms with E-state index >= 15 is 0 Å². The van der Waals surface area contributed by atoms with E-state index in [0.29, 0.717) is 27.7 Å². The van der Waals surface area contributed by atoms with Crippen LogP contribution in [0.15, 0.2) is 39.1 Å². The highest BCUT2D eigenvalue weighted by Crippen LogP contribution is 2.28. The second-order valence-electron chi connectivity index (χ2n) is 6.60. The number of aromatic nitrogens is 1. The minimum atomic E-state index is -3.69. The van der Waals surface area contributed by atoms with Crippen LogP contribution in [0.1, 0.15) is 34.4 Å². The van der Waals surface area contributed by atoms with Crippen molar-refractivity contribution < 1.29 is 17.7 Å². The van der Waals surface area contributed by atoms with Gasteiger partial charge in [-0.1, -0.05) is 17.3 Å². The van der Waals surface area contributed by atoms with Crippen LogP contribution in [0.2, 0.25) is 0 Å². The third-order valence-electron chi connectivity index (χ3n) is 4.09. The number of benzene rings is 1. The van der Waals surface area contributed by atoms with E-state index in [-0.39, 0.29) is 10.1 Å². The summed E-state index contributed by atoms with van der Waals surface area (Å²) in [6.45, 7) is 6.89. The first-order valence-electron chi connectivity index (χ1n) is 8.77. The Morgan fingerprint density at radius 1 is 1.14 bits per heavy atom. The van der Waals surface area contributed by atoms with E-state index in [0.717, 1.165) is 22.5 Å². The zero-order chi connectivity index (χ0) is 21.2. The Hall–Kier alpha value is -2.91. The molecule has 3 rings (SSSR count). The molecule has 0 radical (unpaired) electrons. The summed E-state index contributed by atoms with van der Waals surface area (Å²) in [7, 11) is -3.69. The van der Waals surface area contributed by atoms with Crippen LogP contribution in [-0.2, 0) is 14.8 Å². The lowest BCUT2D eigenvalue weighted by molar-refractivity contribution is -0.114. The summed E-state index contributed by atoms with van der Waals surface area (Å²) < 4.78 is 33.5. The fraction of sp³-hybridized carbons (Fsp3) is 0.200. The Kier molecular flexibility index (Phi) is 5.90. The molecule has 0 aliphatic heterocycles. The van der Waals surface area contributed by atoms with Gasteiger partial charge in [0.1, 0.15) is 15.6 Å². The molecule has 152 valence electrons. The maximum absolute atomic E-state index is 12.7. The molecule has 0 unspecified atom stereocenters. The van der Waals surface area contributed by atoms with Crippen LogP contribution >= 0.6 is 11.3 Å². The van der Waals surface area contributed by atoms with Gasteiger partial charge in [0, 0.05) is 11.8 Å². The van der Waals surface area contributed by atoms with Crippen LogP contribution < -0.4 is 10.0 Å². The SMILES string of the molecule is CC(=O)Nc1c(C)noc1/C=C/c1ccc(S(=O)(=O)Nc2cc(C)ccc2C)s1. The molecular weight excluding hydrogens is 410 g/mol. The first-order chi connectivity index (χ1) is 13.7. The van der Waals surface area contributed by atoms with Gasteiger partial charge in [-0.3, -0.25) is 9.52 Å². The van der Waals surface area contributed by atoms with Crippen molar-refractivity contribution in [3.8, 4) is 0 Å². The molecule has 9 heteroatoms. The molecule has 2 heterocycles. The molecule has 0 bridgehead atoms. The number of nitrogens with zero attached hydrogens (tertiary/aromatic N) is 1. The molecule has 1 aromatic carbocycles. The maximum atomic E-state index is 12.7. The number of aryl methyl sites for hydroxylation is 3. The van der Waals surface area contributed by atoms with E-state index in [9.17, 15) is 13.2 Å². The highest BCUT2D eigenvalue weighted by molar-refractivity contribution is 7.94. The average molecular weight is 432 g/mol. The minimum Gasteiger partial charge on any atom is -0.354 e. The molecule has 0 saturated carbocycles. The van der Waals surface area contributed by atoms with E-state index in [2.05, 4.69) is 15.2 Å². The van der Waals surface area contributed by atoms with Gasteiger partial charge in [-0.25, -0.2) is 8.42 Å². The molecule has 29 heavy (non-hydrogen) atoms. The zero-order valence-corrected chi connectivity index (χ0v) is 18.1. The minimum absolute atomic E-state index is 0.203. The number of rotatable bonds is 6. The van der Waals surface area contributed by atoms with Crippen molar-refractivity contribution in [2.24, 2.45) is 0 Å². The van der Waals surface area contributed by atoms with E-state index in [4.69, 9.17) is 4.52 Å². The number of anilines is 2. The van der Waals surface area contributed by atoms with Gasteiger partial charge in [-0.2, -0.15) is 0 Å². The average Bonchev–Trinajstić information content (AvgIpc) is 3.24. The number of hydrogen-bond acceptors (Lipinski definition) is 6. The number of thiophene rings is 1. The Labute approximate surface area is 173 Å². The summed E-state index contributed by atoms with van der Waals surface area (Å²) in [6, 6.07) is 8.87. The third kappa shape index (κ3) is 4.93. The van der Waals surface area contributed by atoms with Gasteiger partial charge in [0.25, 0.3) is 10.0 Å². The molecule has 0 aliphatic rings. The van der Waals surface area contributed by atoms with Crippen LogP contribution in [0, 0.1) is 20.8 Å². The van der Waals surface area contributed by atoms with Crippen LogP contribution in [0.3, 0.4) is 0 Å². The number of nitrogens with one attached hydrogen (secondary N) is 2. The van der Waals surface area contributed by atoms with Crippen LogP contribution in [0.25, 0.3) is 12.2 Å². The van der Waals surface area contributed by atoms with Crippen molar-refractivity contribution in [2.75, 3.05) is 10.0 Å². The number of sulfonamides is 1. The van der Waals surface area contributed by atoms with Gasteiger partial charge in [-0.15, -0.1) is 11.3 Å². The molecule has 0 aliphatic carbocycles. The normalized spacial score (nSPS) is 11.7. The number of carbonyl (C=O) groups is 1. The zero-order valence-electron chi connectivity index (χ0n) is 16.4. The van der Waals surface area contributed by atoms with E-state index in [1.807, 2.05) is 26.0 Å². The van der Waals surface area contributed by atoms with Crippen molar-refractivity contribution >= 4 is 50.8 Å². The largest absolute Gasteiger partial charge is 0.354 e. The van der Waals surface area contributed by atoms with Crippen LogP contribution in [-0.4, -0.2) is 19.5 Å². The lowest BCUT2D eigenvalue weighted by Gasteiger charge is -2.10. The van der Waals surface area contributed by atoms with Gasteiger partial charge in [0.2, 0.25) is 5.91 Å². The summed E-state index contributed by atoms with van der Waals surface area (Å²) in [5.74, 6) is 0.164. The van der Waals surface area contributed by atoms with Crippen molar-refractivity contribution in [2.45, 2.75) is 31.9 Å². The van der Waals surface area contributed by atoms with Crippen LogP contribution in [0.5, 0.6) is 0 Å². The van der Waals surface area contributed by atoms with E-state index < -0.39 is 10.0 Å². The summed E-state index contributed by atoms with van der Waals surface area (Å²) in [5, 5.41) is 6.52. The predicted molar refractivity (Wildman–Crippen MR) is 116 cm³/mol. The lowest BCUT2D eigenvalue weighted by atomic mass is 10.1. The Morgan fingerprint density at radius 2 is 1.90 bits per heavy atom. The van der Waals surface area contributed by atoms with Gasteiger partial charge in [0.15, 0.2) is 5.76 Å². The molecule has 2 N–H and O–H groups in total. The number of amides is 1. The second-order valence-corrected chi connectivity index (χ2v) is 9.63. The van der Waals surface area contributed by atoms with Crippen molar-refractivity contribution in [3.63, 3.8) is 0 Å². The van der Waals surface area contributed by atoms with Crippen molar-refractivity contribution in [1.82, 2.24) is 5.16 Å². The molecule has 1 amide bonds. The van der Waals surface area contributed by atoms with Crippen LogP contribution in [0.4, 0.5) is 11.4 Å². The Morgan fingerprint density at radius 3 is 2.62 bits per heavy atom. The van der Waals surface area contributed by atoms with Crippen molar-refractivity contribution in [3.05, 3.63) is 57.8 Å². The third-order valence-corrected chi connectivity index (χ3v) is 7.00. The predicted octanol–water partition coefficient (Wildman–Crippen LogP) is 4.59. The summed E-state index contributed by atoms with van der Waals surface area (Å²) >= 11 is 1.13. The number of hydrogen-bond donors (Lipinski definition) is 2. The van der Waals surface area contributed by atoms with Gasteiger partial charge in [0.05, 0.1) is 5.69 Å². The quantitative estimate of drug-likeness (QED) is 0.594. The summed E-state index contributed by atoms with van der Waals surface area (Å²) in [4.78, 5) is 12.0. The highest BCUT2D eigenvalue weighted by Gasteiger charge is 2.18. The van der Waals surface area contributed by atoms with E-state index in [1.54, 1.807) is 37.3 Å². The molecule has 3 aromatic rings. The fourth-order valence-electron chi connectivity index (χ4n) is 2.60. The molecule has 0 saturated heterocycles. The fourth-order valence-corrected chi connectivity index (χ4v) is 4.95. The monoisotopic (exact) mass is 431 g/mol. The summed E-state index contributed by atoms with van der Waals surface area (Å²) in [6.07, 6.45) is 3.36. The first-order valence-corrected chi connectivity index (χ1v) is 11.1. The highest BCUT2D eigenvalue weighted by atomic mass is 32.2.